The monoisotopic (exact) mass is 424 g/mol. The molecule has 0 radical (unpaired) electrons. The molecule has 1 aliphatic heterocycles. The van der Waals surface area contributed by atoms with Crippen LogP contribution in [0.1, 0.15) is 29.0 Å². The number of halogens is 3. The lowest BCUT2D eigenvalue weighted by Crippen LogP contribution is -2.40. The van der Waals surface area contributed by atoms with Crippen molar-refractivity contribution in [2.24, 2.45) is 5.92 Å². The number of benzene rings is 1. The van der Waals surface area contributed by atoms with Crippen LogP contribution in [-0.4, -0.2) is 42.4 Å². The van der Waals surface area contributed by atoms with Crippen LogP contribution >= 0.6 is 0 Å². The lowest BCUT2D eigenvalue weighted by atomic mass is 9.97. The number of esters is 1. The van der Waals surface area contributed by atoms with Gasteiger partial charge in [-0.3, -0.25) is 14.4 Å². The first-order valence-corrected chi connectivity index (χ1v) is 9.20. The Morgan fingerprint density at radius 3 is 2.33 bits per heavy atom. The van der Waals surface area contributed by atoms with Crippen molar-refractivity contribution >= 4 is 23.5 Å². The molecule has 1 aromatic heterocycles. The normalized spacial score (nSPS) is 15.0. The lowest BCUT2D eigenvalue weighted by Gasteiger charge is -2.30. The van der Waals surface area contributed by atoms with E-state index in [1.165, 1.54) is 6.26 Å². The molecule has 7 nitrogen and oxygen atoms in total. The summed E-state index contributed by atoms with van der Waals surface area (Å²) in [6.45, 7) is 0.166. The van der Waals surface area contributed by atoms with E-state index in [4.69, 9.17) is 9.15 Å². The highest BCUT2D eigenvalue weighted by Crippen LogP contribution is 2.29. The van der Waals surface area contributed by atoms with E-state index < -0.39 is 36.1 Å². The third kappa shape index (κ3) is 5.40. The highest BCUT2D eigenvalue weighted by atomic mass is 19.4. The van der Waals surface area contributed by atoms with Gasteiger partial charge in [-0.15, -0.1) is 0 Å². The topological polar surface area (TPSA) is 88.9 Å². The van der Waals surface area contributed by atoms with Crippen molar-refractivity contribution in [3.63, 3.8) is 0 Å². The summed E-state index contributed by atoms with van der Waals surface area (Å²) in [5.74, 6) is -1.67. The summed E-state index contributed by atoms with van der Waals surface area (Å²) in [6.07, 6.45) is -2.26. The molecule has 0 unspecified atom stereocenters. The molecule has 2 amide bonds. The lowest BCUT2D eigenvalue weighted by molar-refractivity contribution is -0.152. The number of furan rings is 1. The van der Waals surface area contributed by atoms with Crippen LogP contribution in [0.15, 0.2) is 47.1 Å². The second-order valence-corrected chi connectivity index (χ2v) is 6.77. The molecule has 2 heterocycles. The van der Waals surface area contributed by atoms with Crippen LogP contribution < -0.4 is 5.32 Å². The molecule has 10 heteroatoms. The molecule has 1 aromatic carbocycles. The van der Waals surface area contributed by atoms with Gasteiger partial charge in [0, 0.05) is 18.8 Å². The first kappa shape index (κ1) is 21.4. The standard InChI is InChI=1S/C20H19F3N2O5/c21-20(22,23)14-3-5-15(6-4-14)24-17(26)12-30-19(28)13-7-9-25(10-8-13)18(27)16-2-1-11-29-16/h1-6,11,13H,7-10,12H2,(H,24,26). The van der Waals surface area contributed by atoms with Crippen molar-refractivity contribution in [2.75, 3.05) is 25.0 Å². The van der Waals surface area contributed by atoms with E-state index in [1.54, 1.807) is 17.0 Å². The molecule has 2 aromatic rings. The average Bonchev–Trinajstić information content (AvgIpc) is 3.26. The molecular formula is C20H19F3N2O5. The predicted molar refractivity (Wildman–Crippen MR) is 98.4 cm³/mol. The highest BCUT2D eigenvalue weighted by Gasteiger charge is 2.31. The molecule has 1 fully saturated rings. The van der Waals surface area contributed by atoms with Gasteiger partial charge >= 0.3 is 12.1 Å². The first-order chi connectivity index (χ1) is 14.2. The molecular weight excluding hydrogens is 405 g/mol. The molecule has 1 saturated heterocycles. The van der Waals surface area contributed by atoms with E-state index in [0.29, 0.717) is 25.9 Å². The summed E-state index contributed by atoms with van der Waals surface area (Å²) in [5.41, 5.74) is -0.669. The zero-order chi connectivity index (χ0) is 21.7. The van der Waals surface area contributed by atoms with Gasteiger partial charge in [0.25, 0.3) is 11.8 Å². The summed E-state index contributed by atoms with van der Waals surface area (Å²) < 4.78 is 47.7. The molecule has 0 bridgehead atoms. The Bertz CT molecular complexity index is 886. The number of rotatable bonds is 5. The second-order valence-electron chi connectivity index (χ2n) is 6.77. The minimum atomic E-state index is -4.46. The van der Waals surface area contributed by atoms with Gasteiger partial charge in [0.05, 0.1) is 17.7 Å². The maximum absolute atomic E-state index is 12.5. The van der Waals surface area contributed by atoms with Crippen LogP contribution in [0.3, 0.4) is 0 Å². The van der Waals surface area contributed by atoms with Crippen LogP contribution in [0.2, 0.25) is 0 Å². The Labute approximate surface area is 169 Å². The predicted octanol–water partition coefficient (Wildman–Crippen LogP) is 3.33. The Kier molecular flexibility index (Phi) is 6.43. The maximum atomic E-state index is 12.5. The number of piperidine rings is 1. The number of carbonyl (C=O) groups is 3. The largest absolute Gasteiger partial charge is 0.459 e. The van der Waals surface area contributed by atoms with Crippen molar-refractivity contribution in [2.45, 2.75) is 19.0 Å². The fourth-order valence-corrected chi connectivity index (χ4v) is 3.07. The summed E-state index contributed by atoms with van der Waals surface area (Å²) in [4.78, 5) is 37.8. The van der Waals surface area contributed by atoms with Crippen molar-refractivity contribution in [1.29, 1.82) is 0 Å². The smallest absolute Gasteiger partial charge is 0.416 e. The summed E-state index contributed by atoms with van der Waals surface area (Å²) in [7, 11) is 0. The fraction of sp³-hybridized carbons (Fsp3) is 0.350. The summed E-state index contributed by atoms with van der Waals surface area (Å²) in [5, 5.41) is 2.37. The number of alkyl halides is 3. The van der Waals surface area contributed by atoms with Crippen molar-refractivity contribution in [3.8, 4) is 0 Å². The van der Waals surface area contributed by atoms with Gasteiger partial charge in [-0.05, 0) is 49.2 Å². The number of amides is 2. The Hall–Kier alpha value is -3.30. The molecule has 1 aliphatic rings. The number of hydrogen-bond donors (Lipinski definition) is 1. The van der Waals surface area contributed by atoms with E-state index in [9.17, 15) is 27.6 Å². The van der Waals surface area contributed by atoms with E-state index in [-0.39, 0.29) is 17.4 Å². The number of anilines is 1. The van der Waals surface area contributed by atoms with E-state index >= 15 is 0 Å². The molecule has 0 atom stereocenters. The van der Waals surface area contributed by atoms with Gasteiger partial charge < -0.3 is 19.4 Å². The number of nitrogens with zero attached hydrogens (tertiary/aromatic N) is 1. The summed E-state index contributed by atoms with van der Waals surface area (Å²) >= 11 is 0. The van der Waals surface area contributed by atoms with Crippen molar-refractivity contribution < 1.29 is 36.7 Å². The highest BCUT2D eigenvalue weighted by molar-refractivity contribution is 5.93. The second kappa shape index (κ2) is 9.02. The Morgan fingerprint density at radius 1 is 1.10 bits per heavy atom. The Morgan fingerprint density at radius 2 is 1.77 bits per heavy atom. The molecule has 1 N–H and O–H groups in total. The SMILES string of the molecule is O=C(COC(=O)C1CCN(C(=O)c2ccco2)CC1)Nc1ccc(C(F)(F)F)cc1. The number of likely N-dealkylation sites (tertiary alicyclic amines) is 1. The zero-order valence-corrected chi connectivity index (χ0v) is 15.8. The molecule has 0 aliphatic carbocycles. The third-order valence-corrected chi connectivity index (χ3v) is 4.69. The molecule has 3 rings (SSSR count). The van der Waals surface area contributed by atoms with Crippen LogP contribution in [0.5, 0.6) is 0 Å². The number of hydrogen-bond acceptors (Lipinski definition) is 5. The molecule has 160 valence electrons. The molecule has 0 spiro atoms. The minimum absolute atomic E-state index is 0.161. The van der Waals surface area contributed by atoms with Crippen LogP contribution in [0, 0.1) is 5.92 Å². The van der Waals surface area contributed by atoms with Crippen molar-refractivity contribution in [1.82, 2.24) is 4.90 Å². The quantitative estimate of drug-likeness (QED) is 0.744. The van der Waals surface area contributed by atoms with Crippen molar-refractivity contribution in [3.05, 3.63) is 54.0 Å². The zero-order valence-electron chi connectivity index (χ0n) is 15.8. The summed E-state index contributed by atoms with van der Waals surface area (Å²) in [6, 6.07) is 7.12. The Balaban J connectivity index is 1.41. The number of nitrogens with one attached hydrogen (secondary N) is 1. The van der Waals surface area contributed by atoms with Gasteiger partial charge in [-0.25, -0.2) is 0 Å². The maximum Gasteiger partial charge on any atom is 0.416 e. The minimum Gasteiger partial charge on any atom is -0.459 e. The average molecular weight is 424 g/mol. The van der Waals surface area contributed by atoms with Gasteiger partial charge in [0.2, 0.25) is 0 Å². The van der Waals surface area contributed by atoms with E-state index in [0.717, 1.165) is 24.3 Å². The number of carbonyl (C=O) groups excluding carboxylic acids is 3. The van der Waals surface area contributed by atoms with E-state index in [2.05, 4.69) is 5.32 Å². The fourth-order valence-electron chi connectivity index (χ4n) is 3.07. The molecule has 0 saturated carbocycles. The third-order valence-electron chi connectivity index (χ3n) is 4.69. The van der Waals surface area contributed by atoms with Gasteiger partial charge in [-0.1, -0.05) is 0 Å². The first-order valence-electron chi connectivity index (χ1n) is 9.20. The van der Waals surface area contributed by atoms with Gasteiger partial charge in [0.15, 0.2) is 12.4 Å². The molecule has 30 heavy (non-hydrogen) atoms. The van der Waals surface area contributed by atoms with Crippen LogP contribution in [-0.2, 0) is 20.5 Å². The van der Waals surface area contributed by atoms with Crippen LogP contribution in [0.4, 0.5) is 18.9 Å². The van der Waals surface area contributed by atoms with Gasteiger partial charge in [-0.2, -0.15) is 13.2 Å². The van der Waals surface area contributed by atoms with Crippen LogP contribution in [0.25, 0.3) is 0 Å². The number of ether oxygens (including phenoxy) is 1. The van der Waals surface area contributed by atoms with Gasteiger partial charge in [0.1, 0.15) is 0 Å². The van der Waals surface area contributed by atoms with E-state index in [1.807, 2.05) is 0 Å².